The molecule has 1 N–H and O–H groups in total. The van der Waals surface area contributed by atoms with Gasteiger partial charge in [0.2, 0.25) is 0 Å². The number of aryl methyl sites for hydroxylation is 2. The Morgan fingerprint density at radius 1 is 1.23 bits per heavy atom. The van der Waals surface area contributed by atoms with Crippen molar-refractivity contribution in [2.45, 2.75) is 33.4 Å². The van der Waals surface area contributed by atoms with Gasteiger partial charge in [0.05, 0.1) is 25.1 Å². The summed E-state index contributed by atoms with van der Waals surface area (Å²) in [4.78, 5) is 8.44. The number of phenolic OH excluding ortho intramolecular Hbond substituents is 1. The van der Waals surface area contributed by atoms with E-state index in [1.54, 1.807) is 70.6 Å². The number of phenols is 1. The molecule has 7 heteroatoms. The molecular formula is C19H25N2O4P. The zero-order chi connectivity index (χ0) is 19.2. The Morgan fingerprint density at radius 2 is 1.85 bits per heavy atom. The quantitative estimate of drug-likeness (QED) is 0.511. The van der Waals surface area contributed by atoms with Crippen LogP contribution in [0, 0.1) is 13.8 Å². The second-order valence-corrected chi connectivity index (χ2v) is 7.97. The highest BCUT2D eigenvalue weighted by atomic mass is 31.2. The number of hydrogen-bond donors (Lipinski definition) is 1. The fourth-order valence-electron chi connectivity index (χ4n) is 2.65. The van der Waals surface area contributed by atoms with E-state index in [4.69, 9.17) is 9.05 Å². The lowest BCUT2D eigenvalue weighted by Gasteiger charge is -2.24. The minimum absolute atomic E-state index is 0.222. The normalized spacial score (nSPS) is 13.2. The van der Waals surface area contributed by atoms with E-state index in [0.29, 0.717) is 16.8 Å². The van der Waals surface area contributed by atoms with E-state index in [2.05, 4.69) is 9.98 Å². The van der Waals surface area contributed by atoms with Gasteiger partial charge in [-0.1, -0.05) is 12.1 Å². The third-order valence-electron chi connectivity index (χ3n) is 3.82. The number of aliphatic imine (C=N–C) groups is 1. The van der Waals surface area contributed by atoms with Gasteiger partial charge in [-0.25, -0.2) is 0 Å². The summed E-state index contributed by atoms with van der Waals surface area (Å²) in [6.45, 7) is 7.65. The summed E-state index contributed by atoms with van der Waals surface area (Å²) in [5.41, 5.74) is 2.05. The van der Waals surface area contributed by atoms with E-state index in [9.17, 15) is 9.67 Å². The topological polar surface area (TPSA) is 81.0 Å². The van der Waals surface area contributed by atoms with Gasteiger partial charge in [-0.3, -0.25) is 14.5 Å². The highest BCUT2D eigenvalue weighted by molar-refractivity contribution is 7.55. The largest absolute Gasteiger partial charge is 0.507 e. The molecule has 0 saturated heterocycles. The number of rotatable bonds is 8. The molecule has 0 bridgehead atoms. The van der Waals surface area contributed by atoms with Crippen LogP contribution in [0.3, 0.4) is 0 Å². The maximum atomic E-state index is 13.4. The lowest BCUT2D eigenvalue weighted by Crippen LogP contribution is -2.09. The summed E-state index contributed by atoms with van der Waals surface area (Å²) in [7, 11) is -3.49. The Balaban J connectivity index is 2.54. The molecule has 0 spiro atoms. The first kappa shape index (κ1) is 20.3. The van der Waals surface area contributed by atoms with Gasteiger partial charge < -0.3 is 14.2 Å². The molecule has 2 rings (SSSR count). The fourth-order valence-corrected chi connectivity index (χ4v) is 4.51. The molecule has 140 valence electrons. The maximum Gasteiger partial charge on any atom is 0.343 e. The zero-order valence-electron chi connectivity index (χ0n) is 15.5. The zero-order valence-corrected chi connectivity index (χ0v) is 16.4. The molecule has 0 aliphatic heterocycles. The molecule has 0 fully saturated rings. The van der Waals surface area contributed by atoms with Gasteiger partial charge in [0.15, 0.2) is 0 Å². The summed E-state index contributed by atoms with van der Waals surface area (Å²) in [6.07, 6.45) is 4.86. The molecule has 0 saturated carbocycles. The molecule has 26 heavy (non-hydrogen) atoms. The molecule has 1 heterocycles. The number of benzene rings is 1. The number of aromatic nitrogens is 1. The lowest BCUT2D eigenvalue weighted by molar-refractivity contribution is 0.217. The van der Waals surface area contributed by atoms with Crippen molar-refractivity contribution in [3.63, 3.8) is 0 Å². The summed E-state index contributed by atoms with van der Waals surface area (Å²) in [5, 5.41) is 10.1. The van der Waals surface area contributed by atoms with E-state index in [1.165, 1.54) is 0 Å². The molecule has 6 nitrogen and oxygen atoms in total. The second-order valence-electron chi connectivity index (χ2n) is 5.81. The van der Waals surface area contributed by atoms with Crippen molar-refractivity contribution in [3.05, 3.63) is 53.3 Å². The van der Waals surface area contributed by atoms with Crippen LogP contribution >= 0.6 is 7.60 Å². The highest BCUT2D eigenvalue weighted by Gasteiger charge is 2.36. The Bertz CT molecular complexity index is 775. The van der Waals surface area contributed by atoms with E-state index < -0.39 is 13.3 Å². The van der Waals surface area contributed by atoms with Crippen molar-refractivity contribution < 1.29 is 18.7 Å². The smallest absolute Gasteiger partial charge is 0.343 e. The van der Waals surface area contributed by atoms with Crippen LogP contribution in [0.15, 0.2) is 41.7 Å². The van der Waals surface area contributed by atoms with E-state index in [1.807, 2.05) is 0 Å². The monoisotopic (exact) mass is 376 g/mol. The Morgan fingerprint density at radius 3 is 2.35 bits per heavy atom. The Hall–Kier alpha value is -2.01. The number of hydrogen-bond acceptors (Lipinski definition) is 6. The van der Waals surface area contributed by atoms with Crippen molar-refractivity contribution in [2.24, 2.45) is 4.99 Å². The summed E-state index contributed by atoms with van der Waals surface area (Å²) < 4.78 is 24.5. The molecular weight excluding hydrogens is 351 g/mol. The standard InChI is InChI=1S/C19H25N2O4P/c1-5-24-26(23,25-6-2)18(13-21-17-8-7-9-20-12-17)16-10-14(3)19(22)15(4)11-16/h7-13,18,22H,5-6H2,1-4H3. The van der Waals surface area contributed by atoms with Crippen LogP contribution in [-0.4, -0.2) is 29.5 Å². The number of nitrogens with zero attached hydrogens (tertiary/aromatic N) is 2. The number of aromatic hydroxyl groups is 1. The molecule has 2 aromatic rings. The molecule has 0 radical (unpaired) electrons. The third-order valence-corrected chi connectivity index (χ3v) is 6.17. The maximum absolute atomic E-state index is 13.4. The van der Waals surface area contributed by atoms with Gasteiger partial charge in [0.25, 0.3) is 0 Å². The van der Waals surface area contributed by atoms with E-state index >= 15 is 0 Å². The van der Waals surface area contributed by atoms with Crippen molar-refractivity contribution in [1.82, 2.24) is 4.98 Å². The van der Waals surface area contributed by atoms with Gasteiger partial charge in [-0.15, -0.1) is 0 Å². The summed E-state index contributed by atoms with van der Waals surface area (Å²) >= 11 is 0. The third kappa shape index (κ3) is 4.79. The van der Waals surface area contributed by atoms with Crippen LogP contribution in [0.2, 0.25) is 0 Å². The van der Waals surface area contributed by atoms with Crippen LogP contribution in [0.25, 0.3) is 0 Å². The average Bonchev–Trinajstić information content (AvgIpc) is 2.61. The average molecular weight is 376 g/mol. The van der Waals surface area contributed by atoms with Crippen molar-refractivity contribution in [1.29, 1.82) is 0 Å². The van der Waals surface area contributed by atoms with Gasteiger partial charge in [-0.05, 0) is 56.5 Å². The Labute approximate surface area is 154 Å². The molecule has 0 aliphatic carbocycles. The minimum Gasteiger partial charge on any atom is -0.507 e. The number of pyridine rings is 1. The van der Waals surface area contributed by atoms with Gasteiger partial charge in [0, 0.05) is 12.4 Å². The Kier molecular flexibility index (Phi) is 7.09. The van der Waals surface area contributed by atoms with Crippen LogP contribution in [-0.2, 0) is 13.6 Å². The first-order chi connectivity index (χ1) is 12.4. The predicted octanol–water partition coefficient (Wildman–Crippen LogP) is 5.11. The second kappa shape index (κ2) is 9.08. The van der Waals surface area contributed by atoms with E-state index in [0.717, 1.165) is 5.56 Å². The summed E-state index contributed by atoms with van der Waals surface area (Å²) in [5.74, 6) is 0.222. The van der Waals surface area contributed by atoms with Gasteiger partial charge in [-0.2, -0.15) is 0 Å². The molecule has 1 aromatic heterocycles. The van der Waals surface area contributed by atoms with Gasteiger partial charge >= 0.3 is 7.60 Å². The van der Waals surface area contributed by atoms with Crippen LogP contribution < -0.4 is 0 Å². The van der Waals surface area contributed by atoms with Crippen molar-refractivity contribution in [2.75, 3.05) is 13.2 Å². The van der Waals surface area contributed by atoms with Crippen LogP contribution in [0.1, 0.15) is 36.2 Å². The van der Waals surface area contributed by atoms with E-state index in [-0.39, 0.29) is 19.0 Å². The van der Waals surface area contributed by atoms with Gasteiger partial charge in [0.1, 0.15) is 11.4 Å². The molecule has 1 aromatic carbocycles. The van der Waals surface area contributed by atoms with Crippen LogP contribution in [0.4, 0.5) is 5.69 Å². The predicted molar refractivity (Wildman–Crippen MR) is 104 cm³/mol. The fraction of sp³-hybridized carbons (Fsp3) is 0.368. The highest BCUT2D eigenvalue weighted by Crippen LogP contribution is 2.60. The molecule has 1 unspecified atom stereocenters. The van der Waals surface area contributed by atoms with Crippen LogP contribution in [0.5, 0.6) is 5.75 Å². The first-order valence-corrected chi connectivity index (χ1v) is 10.2. The minimum atomic E-state index is -3.49. The molecule has 0 aliphatic rings. The summed E-state index contributed by atoms with van der Waals surface area (Å²) in [6, 6.07) is 7.15. The van der Waals surface area contributed by atoms with Crippen molar-refractivity contribution >= 4 is 19.5 Å². The van der Waals surface area contributed by atoms with Crippen molar-refractivity contribution in [3.8, 4) is 5.75 Å². The SMILES string of the molecule is CCOP(=O)(OCC)C(C=Nc1cccnc1)c1cc(C)c(O)c(C)c1. The lowest BCUT2D eigenvalue weighted by atomic mass is 10.0. The molecule has 0 amide bonds. The first-order valence-electron chi connectivity index (χ1n) is 8.54. The molecule has 1 atom stereocenters.